The average Bonchev–Trinajstić information content (AvgIpc) is 3.16. The molecule has 3 aromatic heterocycles. The smallest absolute Gasteiger partial charge is 0.123 e. The number of pyridine rings is 1. The Morgan fingerprint density at radius 3 is 3.00 bits per heavy atom. The van der Waals surface area contributed by atoms with Crippen LogP contribution >= 0.6 is 11.3 Å². The standard InChI is InChI=1S/C16H18N4S/c1-2-4-13(15-5-3-8-21-15)20-11-18-10-14(20)12-6-7-19-16(17)9-12/h3,5-11,13H,2,4H2,1H3,(H2,17,19). The summed E-state index contributed by atoms with van der Waals surface area (Å²) in [6.07, 6.45) is 7.75. The number of hydrogen-bond donors (Lipinski definition) is 1. The number of imidazole rings is 1. The zero-order valence-electron chi connectivity index (χ0n) is 11.9. The van der Waals surface area contributed by atoms with Crippen molar-refractivity contribution in [3.63, 3.8) is 0 Å². The first-order valence-corrected chi connectivity index (χ1v) is 7.94. The van der Waals surface area contributed by atoms with Gasteiger partial charge in [-0.3, -0.25) is 0 Å². The minimum absolute atomic E-state index is 0.321. The second-order valence-corrected chi connectivity index (χ2v) is 5.95. The van der Waals surface area contributed by atoms with Gasteiger partial charge >= 0.3 is 0 Å². The maximum atomic E-state index is 5.81. The van der Waals surface area contributed by atoms with E-state index in [4.69, 9.17) is 5.73 Å². The van der Waals surface area contributed by atoms with E-state index in [0.717, 1.165) is 24.1 Å². The molecule has 2 N–H and O–H groups in total. The molecule has 3 heterocycles. The molecule has 0 aliphatic rings. The normalized spacial score (nSPS) is 12.4. The van der Waals surface area contributed by atoms with Crippen molar-refractivity contribution in [1.29, 1.82) is 0 Å². The van der Waals surface area contributed by atoms with E-state index in [2.05, 4.69) is 39.0 Å². The topological polar surface area (TPSA) is 56.7 Å². The van der Waals surface area contributed by atoms with Crippen LogP contribution in [0.15, 0.2) is 48.4 Å². The third kappa shape index (κ3) is 2.83. The third-order valence-electron chi connectivity index (χ3n) is 3.51. The van der Waals surface area contributed by atoms with E-state index in [1.807, 2.05) is 24.7 Å². The van der Waals surface area contributed by atoms with Crippen molar-refractivity contribution >= 4 is 17.2 Å². The fourth-order valence-corrected chi connectivity index (χ4v) is 3.42. The molecule has 0 saturated carbocycles. The summed E-state index contributed by atoms with van der Waals surface area (Å²) in [6.45, 7) is 2.21. The van der Waals surface area contributed by atoms with Gasteiger partial charge in [0.15, 0.2) is 0 Å². The molecule has 0 radical (unpaired) electrons. The van der Waals surface area contributed by atoms with Crippen LogP contribution in [-0.2, 0) is 0 Å². The maximum Gasteiger partial charge on any atom is 0.123 e. The van der Waals surface area contributed by atoms with Gasteiger partial charge in [0.1, 0.15) is 5.82 Å². The predicted octanol–water partition coefficient (Wildman–Crippen LogP) is 3.98. The number of rotatable bonds is 5. The zero-order valence-corrected chi connectivity index (χ0v) is 12.8. The molecule has 3 rings (SSSR count). The lowest BCUT2D eigenvalue weighted by molar-refractivity contribution is 0.545. The number of anilines is 1. The Labute approximate surface area is 128 Å². The van der Waals surface area contributed by atoms with Crippen molar-refractivity contribution < 1.29 is 0 Å². The molecule has 0 saturated heterocycles. The van der Waals surface area contributed by atoms with Gasteiger partial charge in [-0.15, -0.1) is 11.3 Å². The lowest BCUT2D eigenvalue weighted by atomic mass is 10.1. The molecule has 0 fully saturated rings. The molecule has 0 aliphatic carbocycles. The highest BCUT2D eigenvalue weighted by Crippen LogP contribution is 2.32. The summed E-state index contributed by atoms with van der Waals surface area (Å²) < 4.78 is 2.24. The van der Waals surface area contributed by atoms with Gasteiger partial charge in [-0.1, -0.05) is 19.4 Å². The molecule has 3 aromatic rings. The van der Waals surface area contributed by atoms with Gasteiger partial charge in [0.25, 0.3) is 0 Å². The first-order valence-electron chi connectivity index (χ1n) is 7.06. The molecule has 0 aromatic carbocycles. The van der Waals surface area contributed by atoms with Crippen molar-refractivity contribution in [2.75, 3.05) is 5.73 Å². The maximum absolute atomic E-state index is 5.81. The summed E-state index contributed by atoms with van der Waals surface area (Å²) in [5.74, 6) is 0.531. The summed E-state index contributed by atoms with van der Waals surface area (Å²) in [4.78, 5) is 9.77. The van der Waals surface area contributed by atoms with E-state index in [0.29, 0.717) is 11.9 Å². The van der Waals surface area contributed by atoms with Gasteiger partial charge in [0.2, 0.25) is 0 Å². The molecule has 4 nitrogen and oxygen atoms in total. The highest BCUT2D eigenvalue weighted by atomic mass is 32.1. The van der Waals surface area contributed by atoms with Crippen LogP contribution in [-0.4, -0.2) is 14.5 Å². The number of nitrogens with zero attached hydrogens (tertiary/aromatic N) is 3. The number of nitrogen functional groups attached to an aromatic ring is 1. The molecular formula is C16H18N4S. The van der Waals surface area contributed by atoms with Gasteiger partial charge in [-0.05, 0) is 30.0 Å². The van der Waals surface area contributed by atoms with E-state index < -0.39 is 0 Å². The zero-order chi connectivity index (χ0) is 14.7. The van der Waals surface area contributed by atoms with Crippen molar-refractivity contribution in [1.82, 2.24) is 14.5 Å². The lowest BCUT2D eigenvalue weighted by Crippen LogP contribution is -2.09. The van der Waals surface area contributed by atoms with Gasteiger partial charge in [-0.2, -0.15) is 0 Å². The van der Waals surface area contributed by atoms with Gasteiger partial charge < -0.3 is 10.3 Å². The molecule has 1 unspecified atom stereocenters. The SMILES string of the molecule is CCCC(c1cccs1)n1cncc1-c1ccnc(N)c1. The molecule has 1 atom stereocenters. The van der Waals surface area contributed by atoms with Crippen molar-refractivity contribution in [2.24, 2.45) is 0 Å². The second-order valence-electron chi connectivity index (χ2n) is 4.98. The second kappa shape index (κ2) is 6.10. The van der Waals surface area contributed by atoms with Gasteiger partial charge in [0, 0.05) is 16.6 Å². The number of aromatic nitrogens is 3. The lowest BCUT2D eigenvalue weighted by Gasteiger charge is -2.19. The summed E-state index contributed by atoms with van der Waals surface area (Å²) in [6, 6.07) is 8.48. The van der Waals surface area contributed by atoms with E-state index in [1.54, 1.807) is 17.5 Å². The quantitative estimate of drug-likeness (QED) is 0.775. The Bertz CT molecular complexity index is 703. The molecule has 0 bridgehead atoms. The summed E-state index contributed by atoms with van der Waals surface area (Å²) in [7, 11) is 0. The number of nitrogens with two attached hydrogens (primary N) is 1. The van der Waals surface area contributed by atoms with Gasteiger partial charge in [-0.25, -0.2) is 9.97 Å². The molecule has 21 heavy (non-hydrogen) atoms. The van der Waals surface area contributed by atoms with E-state index in [1.165, 1.54) is 4.88 Å². The first-order chi connectivity index (χ1) is 10.3. The van der Waals surface area contributed by atoms with Crippen LogP contribution < -0.4 is 5.73 Å². The molecule has 0 spiro atoms. The minimum Gasteiger partial charge on any atom is -0.384 e. The fourth-order valence-electron chi connectivity index (χ4n) is 2.56. The Morgan fingerprint density at radius 2 is 2.29 bits per heavy atom. The number of hydrogen-bond acceptors (Lipinski definition) is 4. The monoisotopic (exact) mass is 298 g/mol. The first kappa shape index (κ1) is 13.8. The van der Waals surface area contributed by atoms with E-state index in [-0.39, 0.29) is 0 Å². The molecular weight excluding hydrogens is 280 g/mol. The average molecular weight is 298 g/mol. The predicted molar refractivity (Wildman–Crippen MR) is 87.2 cm³/mol. The molecule has 0 aliphatic heterocycles. The minimum atomic E-state index is 0.321. The van der Waals surface area contributed by atoms with Crippen LogP contribution in [0.1, 0.15) is 30.7 Å². The Hall–Kier alpha value is -2.14. The highest BCUT2D eigenvalue weighted by molar-refractivity contribution is 7.10. The number of thiophene rings is 1. The van der Waals surface area contributed by atoms with Crippen molar-refractivity contribution in [2.45, 2.75) is 25.8 Å². The Kier molecular flexibility index (Phi) is 4.01. The molecule has 5 heteroatoms. The van der Waals surface area contributed by atoms with Crippen LogP contribution in [0.3, 0.4) is 0 Å². The van der Waals surface area contributed by atoms with Crippen LogP contribution in [0.2, 0.25) is 0 Å². The van der Waals surface area contributed by atoms with Crippen LogP contribution in [0.5, 0.6) is 0 Å². The largest absolute Gasteiger partial charge is 0.384 e. The third-order valence-corrected chi connectivity index (χ3v) is 4.49. The summed E-state index contributed by atoms with van der Waals surface area (Å²) in [5, 5.41) is 2.12. The summed E-state index contributed by atoms with van der Waals surface area (Å²) in [5.41, 5.74) is 7.94. The Balaban J connectivity index is 2.04. The van der Waals surface area contributed by atoms with Crippen molar-refractivity contribution in [3.8, 4) is 11.3 Å². The fraction of sp³-hybridized carbons (Fsp3) is 0.250. The molecule has 0 amide bonds. The highest BCUT2D eigenvalue weighted by Gasteiger charge is 2.17. The summed E-state index contributed by atoms with van der Waals surface area (Å²) >= 11 is 1.79. The van der Waals surface area contributed by atoms with E-state index >= 15 is 0 Å². The van der Waals surface area contributed by atoms with E-state index in [9.17, 15) is 0 Å². The van der Waals surface area contributed by atoms with Crippen LogP contribution in [0.25, 0.3) is 11.3 Å². The molecule has 108 valence electrons. The van der Waals surface area contributed by atoms with Gasteiger partial charge in [0.05, 0.1) is 24.3 Å². The van der Waals surface area contributed by atoms with Crippen molar-refractivity contribution in [3.05, 3.63) is 53.2 Å². The van der Waals surface area contributed by atoms with Crippen LogP contribution in [0, 0.1) is 0 Å². The van der Waals surface area contributed by atoms with Crippen LogP contribution in [0.4, 0.5) is 5.82 Å². The Morgan fingerprint density at radius 1 is 1.38 bits per heavy atom.